The Morgan fingerprint density at radius 2 is 1.64 bits per heavy atom. The standard InChI is InChI=1S/C7H14F3N/c1-3-5-6(11,4-2)7(8,9)10/h3-5,11H2,1-2H3. The molecule has 0 amide bonds. The highest BCUT2D eigenvalue weighted by Gasteiger charge is 2.49. The fraction of sp³-hybridized carbons (Fsp3) is 1.00. The summed E-state index contributed by atoms with van der Waals surface area (Å²) < 4.78 is 36.5. The summed E-state index contributed by atoms with van der Waals surface area (Å²) in [5.41, 5.74) is 3.19. The maximum atomic E-state index is 12.2. The van der Waals surface area contributed by atoms with Crippen LogP contribution in [0.15, 0.2) is 0 Å². The first-order valence-electron chi connectivity index (χ1n) is 3.73. The van der Waals surface area contributed by atoms with Crippen molar-refractivity contribution in [2.75, 3.05) is 0 Å². The van der Waals surface area contributed by atoms with Gasteiger partial charge in [0.05, 0.1) is 0 Å². The predicted octanol–water partition coefficient (Wildman–Crippen LogP) is 2.46. The number of rotatable bonds is 3. The van der Waals surface area contributed by atoms with Gasteiger partial charge < -0.3 is 5.73 Å². The van der Waals surface area contributed by atoms with Gasteiger partial charge in [0.1, 0.15) is 5.54 Å². The van der Waals surface area contributed by atoms with Crippen LogP contribution >= 0.6 is 0 Å². The van der Waals surface area contributed by atoms with E-state index in [9.17, 15) is 13.2 Å². The lowest BCUT2D eigenvalue weighted by Gasteiger charge is -2.30. The highest BCUT2D eigenvalue weighted by Crippen LogP contribution is 2.34. The molecule has 1 nitrogen and oxygen atoms in total. The van der Waals surface area contributed by atoms with E-state index in [-0.39, 0.29) is 12.8 Å². The van der Waals surface area contributed by atoms with Crippen LogP contribution in [0.5, 0.6) is 0 Å². The minimum Gasteiger partial charge on any atom is -0.318 e. The summed E-state index contributed by atoms with van der Waals surface area (Å²) in [7, 11) is 0. The Morgan fingerprint density at radius 3 is 1.73 bits per heavy atom. The lowest BCUT2D eigenvalue weighted by molar-refractivity contribution is -0.188. The van der Waals surface area contributed by atoms with E-state index in [1.54, 1.807) is 6.92 Å². The molecule has 0 aromatic heterocycles. The van der Waals surface area contributed by atoms with Gasteiger partial charge in [-0.1, -0.05) is 20.3 Å². The fourth-order valence-electron chi connectivity index (χ4n) is 0.965. The lowest BCUT2D eigenvalue weighted by Crippen LogP contribution is -2.52. The fourth-order valence-corrected chi connectivity index (χ4v) is 0.965. The van der Waals surface area contributed by atoms with E-state index in [0.29, 0.717) is 6.42 Å². The van der Waals surface area contributed by atoms with Gasteiger partial charge in [-0.05, 0) is 12.8 Å². The van der Waals surface area contributed by atoms with Crippen LogP contribution in [-0.4, -0.2) is 11.7 Å². The van der Waals surface area contributed by atoms with Crippen LogP contribution < -0.4 is 5.73 Å². The SMILES string of the molecule is CCCC(N)(CC)C(F)(F)F. The smallest absolute Gasteiger partial charge is 0.318 e. The summed E-state index contributed by atoms with van der Waals surface area (Å²) in [5, 5.41) is 0. The molecule has 0 rings (SSSR count). The van der Waals surface area contributed by atoms with E-state index < -0.39 is 11.7 Å². The molecule has 0 saturated heterocycles. The normalized spacial score (nSPS) is 18.0. The van der Waals surface area contributed by atoms with E-state index in [4.69, 9.17) is 5.73 Å². The molecule has 11 heavy (non-hydrogen) atoms. The van der Waals surface area contributed by atoms with Crippen molar-refractivity contribution >= 4 is 0 Å². The molecule has 0 fully saturated rings. The largest absolute Gasteiger partial charge is 0.406 e. The molecular formula is C7H14F3N. The summed E-state index contributed by atoms with van der Waals surface area (Å²) in [4.78, 5) is 0. The summed E-state index contributed by atoms with van der Waals surface area (Å²) in [5.74, 6) is 0. The average molecular weight is 169 g/mol. The molecule has 0 heterocycles. The van der Waals surface area contributed by atoms with Crippen molar-refractivity contribution in [2.24, 2.45) is 5.73 Å². The van der Waals surface area contributed by atoms with E-state index in [1.165, 1.54) is 6.92 Å². The molecule has 68 valence electrons. The second-order valence-electron chi connectivity index (χ2n) is 2.76. The summed E-state index contributed by atoms with van der Waals surface area (Å²) >= 11 is 0. The van der Waals surface area contributed by atoms with Crippen molar-refractivity contribution in [1.82, 2.24) is 0 Å². The third-order valence-corrected chi connectivity index (χ3v) is 1.89. The molecule has 0 aromatic carbocycles. The van der Waals surface area contributed by atoms with Gasteiger partial charge >= 0.3 is 6.18 Å². The van der Waals surface area contributed by atoms with Gasteiger partial charge in [-0.3, -0.25) is 0 Å². The molecule has 1 unspecified atom stereocenters. The van der Waals surface area contributed by atoms with Crippen LogP contribution in [0.4, 0.5) is 13.2 Å². The molecular weight excluding hydrogens is 155 g/mol. The van der Waals surface area contributed by atoms with Crippen molar-refractivity contribution < 1.29 is 13.2 Å². The van der Waals surface area contributed by atoms with Crippen LogP contribution in [0.3, 0.4) is 0 Å². The van der Waals surface area contributed by atoms with Crippen molar-refractivity contribution in [1.29, 1.82) is 0 Å². The van der Waals surface area contributed by atoms with Gasteiger partial charge in [0.2, 0.25) is 0 Å². The topological polar surface area (TPSA) is 26.0 Å². The van der Waals surface area contributed by atoms with Crippen molar-refractivity contribution in [2.45, 2.75) is 44.8 Å². The van der Waals surface area contributed by atoms with Gasteiger partial charge in [0.25, 0.3) is 0 Å². The predicted molar refractivity (Wildman–Crippen MR) is 38.2 cm³/mol. The van der Waals surface area contributed by atoms with E-state index in [0.717, 1.165) is 0 Å². The minimum absolute atomic E-state index is 0.00694. The Kier molecular flexibility index (Phi) is 3.35. The number of hydrogen-bond acceptors (Lipinski definition) is 1. The molecule has 0 aliphatic heterocycles. The molecule has 0 aromatic rings. The second kappa shape index (κ2) is 3.43. The molecule has 0 radical (unpaired) electrons. The molecule has 0 saturated carbocycles. The Balaban J connectivity index is 4.33. The molecule has 1 atom stereocenters. The third kappa shape index (κ3) is 2.36. The first-order valence-corrected chi connectivity index (χ1v) is 3.73. The van der Waals surface area contributed by atoms with Crippen LogP contribution in [0, 0.1) is 0 Å². The number of nitrogens with two attached hydrogens (primary N) is 1. The van der Waals surface area contributed by atoms with E-state index >= 15 is 0 Å². The number of hydrogen-bond donors (Lipinski definition) is 1. The zero-order chi connectivity index (χ0) is 9.12. The quantitative estimate of drug-likeness (QED) is 0.690. The van der Waals surface area contributed by atoms with Gasteiger partial charge in [-0.2, -0.15) is 13.2 Å². The van der Waals surface area contributed by atoms with Crippen LogP contribution in [0.1, 0.15) is 33.1 Å². The van der Waals surface area contributed by atoms with Crippen molar-refractivity contribution in [3.8, 4) is 0 Å². The molecule has 0 aliphatic rings. The van der Waals surface area contributed by atoms with Gasteiger partial charge in [-0.15, -0.1) is 0 Å². The number of alkyl halides is 3. The highest BCUT2D eigenvalue weighted by molar-refractivity contribution is 4.89. The number of halogens is 3. The average Bonchev–Trinajstić information content (AvgIpc) is 1.86. The summed E-state index contributed by atoms with van der Waals surface area (Å²) in [6, 6.07) is 0. The Bertz CT molecular complexity index is 121. The zero-order valence-corrected chi connectivity index (χ0v) is 6.83. The maximum Gasteiger partial charge on any atom is 0.406 e. The maximum absolute atomic E-state index is 12.2. The Hall–Kier alpha value is -0.250. The second-order valence-corrected chi connectivity index (χ2v) is 2.76. The summed E-state index contributed by atoms with van der Waals surface area (Å²) in [6.07, 6.45) is -3.85. The van der Waals surface area contributed by atoms with Crippen LogP contribution in [0.2, 0.25) is 0 Å². The van der Waals surface area contributed by atoms with Crippen molar-refractivity contribution in [3.05, 3.63) is 0 Å². The highest BCUT2D eigenvalue weighted by atomic mass is 19.4. The van der Waals surface area contributed by atoms with E-state index in [1.807, 2.05) is 0 Å². The molecule has 0 spiro atoms. The van der Waals surface area contributed by atoms with E-state index in [2.05, 4.69) is 0 Å². The van der Waals surface area contributed by atoms with Gasteiger partial charge in [0.15, 0.2) is 0 Å². The molecule has 0 aliphatic carbocycles. The van der Waals surface area contributed by atoms with Crippen molar-refractivity contribution in [3.63, 3.8) is 0 Å². The first-order chi connectivity index (χ1) is 4.87. The monoisotopic (exact) mass is 169 g/mol. The third-order valence-electron chi connectivity index (χ3n) is 1.89. The zero-order valence-electron chi connectivity index (χ0n) is 6.83. The van der Waals surface area contributed by atoms with Crippen LogP contribution in [-0.2, 0) is 0 Å². The molecule has 2 N–H and O–H groups in total. The van der Waals surface area contributed by atoms with Crippen LogP contribution in [0.25, 0.3) is 0 Å². The summed E-state index contributed by atoms with van der Waals surface area (Å²) in [6.45, 7) is 3.16. The Labute approximate surface area is 64.8 Å². The first kappa shape index (κ1) is 10.8. The van der Waals surface area contributed by atoms with Gasteiger partial charge in [-0.25, -0.2) is 0 Å². The van der Waals surface area contributed by atoms with Gasteiger partial charge in [0, 0.05) is 0 Å². The Morgan fingerprint density at radius 1 is 1.18 bits per heavy atom. The molecule has 0 bridgehead atoms. The minimum atomic E-state index is -4.27. The molecule has 4 heteroatoms. The lowest BCUT2D eigenvalue weighted by atomic mass is 9.91.